The van der Waals surface area contributed by atoms with Crippen molar-refractivity contribution >= 4 is 38.5 Å². The minimum atomic E-state index is -0.156. The van der Waals surface area contributed by atoms with E-state index in [-0.39, 0.29) is 5.56 Å². The Morgan fingerprint density at radius 2 is 1.94 bits per heavy atom. The van der Waals surface area contributed by atoms with Crippen LogP contribution in [0.25, 0.3) is 21.1 Å². The highest BCUT2D eigenvalue weighted by molar-refractivity contribution is 7.13. The van der Waals surface area contributed by atoms with E-state index in [4.69, 9.17) is 4.74 Å². The molecule has 0 aliphatic carbocycles. The zero-order chi connectivity index (χ0) is 21.0. The van der Waals surface area contributed by atoms with Crippen molar-refractivity contribution in [1.82, 2.24) is 24.2 Å². The van der Waals surface area contributed by atoms with Crippen LogP contribution in [0.1, 0.15) is 12.8 Å². The molecule has 1 N–H and O–H groups in total. The number of H-pyrrole nitrogens is 1. The van der Waals surface area contributed by atoms with E-state index in [0.717, 1.165) is 62.2 Å². The van der Waals surface area contributed by atoms with Gasteiger partial charge in [-0.3, -0.25) is 9.69 Å². The Balaban J connectivity index is 1.05. The van der Waals surface area contributed by atoms with Crippen molar-refractivity contribution in [1.29, 1.82) is 0 Å². The van der Waals surface area contributed by atoms with Crippen LogP contribution >= 0.6 is 11.5 Å². The number of ether oxygens (including phenoxy) is 1. The summed E-state index contributed by atoms with van der Waals surface area (Å²) in [6.45, 7) is 5.72. The van der Waals surface area contributed by atoms with Gasteiger partial charge in [-0.15, -0.1) is 0 Å². The van der Waals surface area contributed by atoms with Crippen LogP contribution < -0.4 is 15.2 Å². The van der Waals surface area contributed by atoms with Gasteiger partial charge in [0.1, 0.15) is 11.5 Å². The van der Waals surface area contributed by atoms with Gasteiger partial charge in [-0.1, -0.05) is 0 Å². The maximum atomic E-state index is 11.4. The summed E-state index contributed by atoms with van der Waals surface area (Å²) in [5.41, 5.74) is 0.406. The van der Waals surface area contributed by atoms with Gasteiger partial charge in [0.2, 0.25) is 11.4 Å². The molecule has 0 amide bonds. The molecule has 160 valence electrons. The second-order valence-corrected chi connectivity index (χ2v) is 8.50. The largest absolute Gasteiger partial charge is 0.478 e. The molecule has 0 unspecified atom stereocenters. The number of aromatic nitrogens is 4. The van der Waals surface area contributed by atoms with Gasteiger partial charge in [-0.05, 0) is 49.1 Å². The summed E-state index contributed by atoms with van der Waals surface area (Å²) in [6, 6.07) is 9.05. The lowest BCUT2D eigenvalue weighted by molar-refractivity contribution is 0.236. The van der Waals surface area contributed by atoms with Gasteiger partial charge in [0.05, 0.1) is 22.9 Å². The molecular weight excluding hydrogens is 412 g/mol. The Hall–Kier alpha value is -3.04. The molecule has 5 rings (SSSR count). The first-order chi connectivity index (χ1) is 15.3. The van der Waals surface area contributed by atoms with Crippen LogP contribution in [-0.4, -0.2) is 63.6 Å². The Bertz CT molecular complexity index is 1230. The van der Waals surface area contributed by atoms with E-state index in [1.165, 1.54) is 22.3 Å². The fourth-order valence-electron chi connectivity index (χ4n) is 3.92. The number of nitrogens with one attached hydrogen (secondary N) is 1. The highest BCUT2D eigenvalue weighted by Crippen LogP contribution is 2.27. The molecule has 1 aliphatic rings. The zero-order valence-electron chi connectivity index (χ0n) is 17.2. The van der Waals surface area contributed by atoms with E-state index < -0.39 is 0 Å². The molecule has 0 atom stereocenters. The number of aromatic amines is 1. The van der Waals surface area contributed by atoms with E-state index in [1.807, 2.05) is 30.6 Å². The Morgan fingerprint density at radius 1 is 1.06 bits per heavy atom. The molecule has 1 saturated heterocycles. The first kappa shape index (κ1) is 19.9. The lowest BCUT2D eigenvalue weighted by Crippen LogP contribution is -2.47. The summed E-state index contributed by atoms with van der Waals surface area (Å²) in [5.74, 6) is 1.61. The first-order valence-corrected chi connectivity index (χ1v) is 11.3. The van der Waals surface area contributed by atoms with Crippen LogP contribution in [0.2, 0.25) is 0 Å². The molecular formula is C22H24N6O2S. The highest BCUT2D eigenvalue weighted by atomic mass is 32.1. The molecule has 4 aromatic rings. The minimum Gasteiger partial charge on any atom is -0.478 e. The van der Waals surface area contributed by atoms with Crippen LogP contribution in [0, 0.1) is 0 Å². The van der Waals surface area contributed by atoms with Gasteiger partial charge >= 0.3 is 0 Å². The monoisotopic (exact) mass is 436 g/mol. The van der Waals surface area contributed by atoms with Gasteiger partial charge in [0, 0.05) is 49.9 Å². The summed E-state index contributed by atoms with van der Waals surface area (Å²) in [6.07, 6.45) is 5.85. The lowest BCUT2D eigenvalue weighted by Gasteiger charge is -2.35. The predicted octanol–water partition coefficient (Wildman–Crippen LogP) is 2.91. The van der Waals surface area contributed by atoms with E-state index in [0.29, 0.717) is 18.1 Å². The SMILES string of the molecule is O=c1ccc2ccc(OCCCCN3CCN(c4nccc5sncc45)CC3)nc2[nH]1. The number of fused-ring (bicyclic) bond motifs is 2. The van der Waals surface area contributed by atoms with Gasteiger partial charge in [-0.25, -0.2) is 4.98 Å². The molecule has 4 aromatic heterocycles. The molecule has 0 spiro atoms. The third-order valence-electron chi connectivity index (χ3n) is 5.61. The van der Waals surface area contributed by atoms with Crippen LogP contribution in [0.5, 0.6) is 5.88 Å². The van der Waals surface area contributed by atoms with E-state index in [1.54, 1.807) is 6.07 Å². The first-order valence-electron chi connectivity index (χ1n) is 10.6. The molecule has 1 fully saturated rings. The summed E-state index contributed by atoms with van der Waals surface area (Å²) in [7, 11) is 0. The summed E-state index contributed by atoms with van der Waals surface area (Å²) in [4.78, 5) is 28.0. The number of hydrogen-bond donors (Lipinski definition) is 1. The molecule has 8 nitrogen and oxygen atoms in total. The summed E-state index contributed by atoms with van der Waals surface area (Å²) < 4.78 is 11.3. The minimum absolute atomic E-state index is 0.156. The number of piperazine rings is 1. The molecule has 31 heavy (non-hydrogen) atoms. The van der Waals surface area contributed by atoms with Crippen molar-refractivity contribution < 1.29 is 4.74 Å². The Labute approximate surface area is 183 Å². The number of unbranched alkanes of at least 4 members (excludes halogenated alkanes) is 1. The fraction of sp³-hybridized carbons (Fsp3) is 0.364. The number of pyridine rings is 3. The molecule has 1 aliphatic heterocycles. The quantitative estimate of drug-likeness (QED) is 0.446. The standard InChI is InChI=1S/C22H24N6O2S/c29-19-5-3-16-4-6-20(26-21(16)25-19)30-14-2-1-9-27-10-12-28(13-11-27)22-17-15-24-31-18(17)7-8-23-22/h3-8,15H,1-2,9-14H2,(H,25,26,29). The Morgan fingerprint density at radius 3 is 2.84 bits per heavy atom. The molecule has 0 saturated carbocycles. The number of rotatable bonds is 7. The molecule has 9 heteroatoms. The van der Waals surface area contributed by atoms with Gasteiger partial charge in [-0.2, -0.15) is 9.36 Å². The molecule has 5 heterocycles. The number of anilines is 1. The second-order valence-electron chi connectivity index (χ2n) is 7.67. The fourth-order valence-corrected chi connectivity index (χ4v) is 4.56. The van der Waals surface area contributed by atoms with Crippen molar-refractivity contribution in [3.05, 3.63) is 53.1 Å². The average molecular weight is 437 g/mol. The van der Waals surface area contributed by atoms with Gasteiger partial charge < -0.3 is 14.6 Å². The topological polar surface area (TPSA) is 87.2 Å². The van der Waals surface area contributed by atoms with E-state index in [2.05, 4.69) is 29.1 Å². The van der Waals surface area contributed by atoms with Crippen molar-refractivity contribution in [3.63, 3.8) is 0 Å². The van der Waals surface area contributed by atoms with Crippen molar-refractivity contribution in [2.24, 2.45) is 0 Å². The van der Waals surface area contributed by atoms with Crippen molar-refractivity contribution in [2.75, 3.05) is 44.2 Å². The summed E-state index contributed by atoms with van der Waals surface area (Å²) >= 11 is 1.52. The molecule has 0 aromatic carbocycles. The van der Waals surface area contributed by atoms with Crippen LogP contribution in [-0.2, 0) is 0 Å². The third-order valence-corrected chi connectivity index (χ3v) is 6.37. The van der Waals surface area contributed by atoms with Crippen molar-refractivity contribution in [2.45, 2.75) is 12.8 Å². The second kappa shape index (κ2) is 8.99. The highest BCUT2D eigenvalue weighted by Gasteiger charge is 2.19. The molecule has 0 bridgehead atoms. The normalized spacial score (nSPS) is 15.0. The maximum absolute atomic E-state index is 11.4. The van der Waals surface area contributed by atoms with E-state index >= 15 is 0 Å². The smallest absolute Gasteiger partial charge is 0.249 e. The lowest BCUT2D eigenvalue weighted by atomic mass is 10.2. The number of nitrogens with zero attached hydrogens (tertiary/aromatic N) is 5. The van der Waals surface area contributed by atoms with Crippen LogP contribution in [0.3, 0.4) is 0 Å². The van der Waals surface area contributed by atoms with Crippen LogP contribution in [0.15, 0.2) is 47.5 Å². The van der Waals surface area contributed by atoms with Crippen LogP contribution in [0.4, 0.5) is 5.82 Å². The maximum Gasteiger partial charge on any atom is 0.249 e. The average Bonchev–Trinajstić information content (AvgIpc) is 3.28. The zero-order valence-corrected chi connectivity index (χ0v) is 18.0. The Kier molecular flexibility index (Phi) is 5.77. The van der Waals surface area contributed by atoms with Gasteiger partial charge in [0.25, 0.3) is 0 Å². The van der Waals surface area contributed by atoms with Crippen molar-refractivity contribution in [3.8, 4) is 5.88 Å². The van der Waals surface area contributed by atoms with Gasteiger partial charge in [0.15, 0.2) is 0 Å². The summed E-state index contributed by atoms with van der Waals surface area (Å²) in [5, 5.41) is 2.05. The predicted molar refractivity (Wildman–Crippen MR) is 123 cm³/mol. The number of hydrogen-bond acceptors (Lipinski definition) is 8. The molecule has 0 radical (unpaired) electrons. The van der Waals surface area contributed by atoms with E-state index in [9.17, 15) is 4.79 Å². The third kappa shape index (κ3) is 4.52.